The highest BCUT2D eigenvalue weighted by atomic mass is 16.6. The van der Waals surface area contributed by atoms with Gasteiger partial charge in [0.1, 0.15) is 6.61 Å². The molecule has 0 aromatic heterocycles. The number of ether oxygens (including phenoxy) is 2. The highest BCUT2D eigenvalue weighted by Crippen LogP contribution is 2.21. The van der Waals surface area contributed by atoms with E-state index in [2.05, 4.69) is 13.8 Å². The number of rotatable bonds is 80. The van der Waals surface area contributed by atoms with Crippen LogP contribution in [0.15, 0.2) is 0 Å². The van der Waals surface area contributed by atoms with Crippen LogP contribution in [-0.4, -0.2) is 36.4 Å². The van der Waals surface area contributed by atoms with Crippen molar-refractivity contribution in [3.05, 3.63) is 0 Å². The van der Waals surface area contributed by atoms with Gasteiger partial charge in [0.15, 0.2) is 6.10 Å². The molecule has 0 fully saturated rings. The maximum Gasteiger partial charge on any atom is 0.306 e. The second-order valence-electron chi connectivity index (χ2n) is 28.9. The Balaban J connectivity index is 3.32. The molecule has 0 rings (SSSR count). The molecule has 0 amide bonds. The summed E-state index contributed by atoms with van der Waals surface area (Å²) in [5.41, 5.74) is 0. The van der Waals surface area contributed by atoms with Crippen molar-refractivity contribution in [2.24, 2.45) is 0 Å². The highest BCUT2D eigenvalue weighted by Gasteiger charge is 2.16. The van der Waals surface area contributed by atoms with Crippen molar-refractivity contribution >= 4 is 11.9 Å². The van der Waals surface area contributed by atoms with Gasteiger partial charge in [-0.25, -0.2) is 0 Å². The Hall–Kier alpha value is -1.10. The molecule has 5 heteroatoms. The van der Waals surface area contributed by atoms with Crippen molar-refractivity contribution in [2.75, 3.05) is 13.2 Å². The molecule has 0 aliphatic heterocycles. The van der Waals surface area contributed by atoms with E-state index in [1.807, 2.05) is 0 Å². The van der Waals surface area contributed by atoms with E-state index >= 15 is 0 Å². The molecule has 0 aromatic rings. The van der Waals surface area contributed by atoms with Crippen LogP contribution in [0.5, 0.6) is 0 Å². The summed E-state index contributed by atoms with van der Waals surface area (Å²) in [7, 11) is 0. The van der Waals surface area contributed by atoms with Gasteiger partial charge in [-0.3, -0.25) is 9.59 Å². The Kier molecular flexibility index (Phi) is 79.1. The number of hydrogen-bond acceptors (Lipinski definition) is 5. The van der Waals surface area contributed by atoms with Crippen molar-refractivity contribution in [3.63, 3.8) is 0 Å². The summed E-state index contributed by atoms with van der Waals surface area (Å²) in [6, 6.07) is 0. The molecule has 0 saturated carbocycles. The minimum absolute atomic E-state index is 0.0551. The lowest BCUT2D eigenvalue weighted by Gasteiger charge is -2.15. The van der Waals surface area contributed by atoms with Crippen LogP contribution in [0.4, 0.5) is 0 Å². The average Bonchev–Trinajstić information content (AvgIpc) is 3.54. The Morgan fingerprint density at radius 2 is 0.352 bits per heavy atom. The van der Waals surface area contributed by atoms with Crippen LogP contribution in [0.2, 0.25) is 0 Å². The number of unbranched alkanes of at least 4 members (excludes halogenated alkanes) is 72. The van der Waals surface area contributed by atoms with Gasteiger partial charge in [0.25, 0.3) is 0 Å². The van der Waals surface area contributed by atoms with Gasteiger partial charge in [0.2, 0.25) is 0 Å². The molecular weight excluding hydrogens is 1080 g/mol. The second-order valence-corrected chi connectivity index (χ2v) is 28.9. The van der Waals surface area contributed by atoms with E-state index in [9.17, 15) is 14.7 Å². The maximum atomic E-state index is 12.4. The van der Waals surface area contributed by atoms with E-state index in [1.54, 1.807) is 0 Å². The first-order valence-corrected chi connectivity index (χ1v) is 41.6. The van der Waals surface area contributed by atoms with E-state index in [0.717, 1.165) is 32.1 Å². The van der Waals surface area contributed by atoms with Crippen LogP contribution in [-0.2, 0) is 19.1 Å². The van der Waals surface area contributed by atoms with Gasteiger partial charge in [-0.05, 0) is 12.8 Å². The molecule has 526 valence electrons. The number of esters is 2. The number of aliphatic hydroxyl groups is 1. The van der Waals surface area contributed by atoms with E-state index in [4.69, 9.17) is 9.47 Å². The highest BCUT2D eigenvalue weighted by molar-refractivity contribution is 5.70. The van der Waals surface area contributed by atoms with Crippen molar-refractivity contribution in [1.82, 2.24) is 0 Å². The van der Waals surface area contributed by atoms with Gasteiger partial charge in [0.05, 0.1) is 6.61 Å². The van der Waals surface area contributed by atoms with Crippen LogP contribution in [0, 0.1) is 0 Å². The van der Waals surface area contributed by atoms with Crippen LogP contribution >= 0.6 is 0 Å². The number of hydrogen-bond donors (Lipinski definition) is 1. The first-order chi connectivity index (χ1) is 43.6. The summed E-state index contributed by atoms with van der Waals surface area (Å²) in [5.74, 6) is -0.555. The standard InChI is InChI=1S/C83H164O5/c1-3-5-7-9-11-13-15-17-19-21-23-25-27-29-31-33-35-37-39-40-41-42-44-46-48-50-52-54-56-58-60-62-64-66-68-70-72-74-76-78-83(86)88-81(79-84)80-87-82(85)77-75-73-71-69-67-65-63-61-59-57-55-53-51-49-47-45-43-38-36-34-32-30-28-26-24-22-20-18-16-14-12-10-8-6-4-2/h81,84H,3-80H2,1-2H3. The number of aliphatic hydroxyl groups excluding tert-OH is 1. The third kappa shape index (κ3) is 77.3. The molecular formula is C83H164O5. The Bertz CT molecular complexity index is 1270. The fourth-order valence-corrected chi connectivity index (χ4v) is 13.7. The molecule has 0 radical (unpaired) electrons. The molecule has 1 atom stereocenters. The van der Waals surface area contributed by atoms with Crippen molar-refractivity contribution in [2.45, 2.75) is 508 Å². The zero-order valence-electron chi connectivity index (χ0n) is 60.8. The van der Waals surface area contributed by atoms with E-state index in [-0.39, 0.29) is 25.2 Å². The largest absolute Gasteiger partial charge is 0.462 e. The summed E-state index contributed by atoms with van der Waals surface area (Å²) >= 11 is 0. The number of carbonyl (C=O) groups excluding carboxylic acids is 2. The van der Waals surface area contributed by atoms with E-state index < -0.39 is 6.10 Å². The van der Waals surface area contributed by atoms with Crippen LogP contribution in [0.3, 0.4) is 0 Å². The predicted molar refractivity (Wildman–Crippen MR) is 390 cm³/mol. The van der Waals surface area contributed by atoms with Gasteiger partial charge in [0, 0.05) is 12.8 Å². The summed E-state index contributed by atoms with van der Waals surface area (Å²) in [5, 5.41) is 9.73. The average molecular weight is 1240 g/mol. The molecule has 0 spiro atoms. The van der Waals surface area contributed by atoms with Gasteiger partial charge in [-0.2, -0.15) is 0 Å². The lowest BCUT2D eigenvalue weighted by molar-refractivity contribution is -0.161. The lowest BCUT2D eigenvalue weighted by Crippen LogP contribution is -2.28. The van der Waals surface area contributed by atoms with Crippen molar-refractivity contribution in [3.8, 4) is 0 Å². The van der Waals surface area contributed by atoms with Gasteiger partial charge >= 0.3 is 11.9 Å². The summed E-state index contributed by atoms with van der Waals surface area (Å²) in [4.78, 5) is 24.7. The monoisotopic (exact) mass is 1240 g/mol. The van der Waals surface area contributed by atoms with Gasteiger partial charge < -0.3 is 14.6 Å². The zero-order chi connectivity index (χ0) is 63.3. The minimum atomic E-state index is -0.767. The Labute approximate surface area is 554 Å². The second kappa shape index (κ2) is 80.1. The Morgan fingerprint density at radius 3 is 0.500 bits per heavy atom. The summed E-state index contributed by atoms with van der Waals surface area (Å²) < 4.78 is 10.8. The molecule has 0 heterocycles. The quantitative estimate of drug-likeness (QED) is 0.0485. The minimum Gasteiger partial charge on any atom is -0.462 e. The smallest absolute Gasteiger partial charge is 0.306 e. The Morgan fingerprint density at radius 1 is 0.216 bits per heavy atom. The predicted octanol–water partition coefficient (Wildman–Crippen LogP) is 29.1. The van der Waals surface area contributed by atoms with Crippen LogP contribution < -0.4 is 0 Å². The molecule has 1 N–H and O–H groups in total. The van der Waals surface area contributed by atoms with Crippen molar-refractivity contribution < 1.29 is 24.2 Å². The summed E-state index contributed by atoms with van der Waals surface area (Å²) in [6.45, 7) is 4.24. The maximum absolute atomic E-state index is 12.4. The van der Waals surface area contributed by atoms with E-state index in [1.165, 1.54) is 443 Å². The van der Waals surface area contributed by atoms with Crippen LogP contribution in [0.1, 0.15) is 502 Å². The van der Waals surface area contributed by atoms with Gasteiger partial charge in [-0.15, -0.1) is 0 Å². The lowest BCUT2D eigenvalue weighted by atomic mass is 10.0. The number of carbonyl (C=O) groups is 2. The molecule has 0 bridgehead atoms. The molecule has 88 heavy (non-hydrogen) atoms. The molecule has 0 aliphatic rings. The topological polar surface area (TPSA) is 72.8 Å². The summed E-state index contributed by atoms with van der Waals surface area (Å²) in [6.07, 6.45) is 104. The zero-order valence-corrected chi connectivity index (χ0v) is 60.8. The third-order valence-corrected chi connectivity index (χ3v) is 19.9. The molecule has 0 saturated heterocycles. The van der Waals surface area contributed by atoms with Crippen LogP contribution in [0.25, 0.3) is 0 Å². The fraction of sp³-hybridized carbons (Fsp3) is 0.976. The normalized spacial score (nSPS) is 12.0. The first-order valence-electron chi connectivity index (χ1n) is 41.6. The first kappa shape index (κ1) is 86.9. The van der Waals surface area contributed by atoms with Crippen molar-refractivity contribution in [1.29, 1.82) is 0 Å². The molecule has 5 nitrogen and oxygen atoms in total. The van der Waals surface area contributed by atoms with E-state index in [0.29, 0.717) is 12.8 Å². The fourth-order valence-electron chi connectivity index (χ4n) is 13.7. The van der Waals surface area contributed by atoms with Gasteiger partial charge in [-0.1, -0.05) is 476 Å². The molecule has 0 aliphatic carbocycles. The SMILES string of the molecule is CCCCCCCCCCCCCCCCCCCCCCCCCCCCCCCCCCCCCCCCCC(=O)OC(CO)COC(=O)CCCCCCCCCCCCCCCCCCCCCCCCCCCCCCCCCCCCC. The third-order valence-electron chi connectivity index (χ3n) is 19.9. The molecule has 1 unspecified atom stereocenters. The molecule has 0 aromatic carbocycles.